The maximum absolute atomic E-state index is 11.5. The van der Waals surface area contributed by atoms with E-state index in [0.29, 0.717) is 18.6 Å². The first-order chi connectivity index (χ1) is 8.31. The zero-order valence-electron chi connectivity index (χ0n) is 10.1. The van der Waals surface area contributed by atoms with Gasteiger partial charge in [-0.15, -0.1) is 0 Å². The van der Waals surface area contributed by atoms with Crippen LogP contribution in [0.1, 0.15) is 31.7 Å². The van der Waals surface area contributed by atoms with Gasteiger partial charge in [0.2, 0.25) is 0 Å². The van der Waals surface area contributed by atoms with Gasteiger partial charge in [0, 0.05) is 30.6 Å². The van der Waals surface area contributed by atoms with Gasteiger partial charge in [-0.2, -0.15) is 0 Å². The SMILES string of the molecule is CCCC(=O)CCc1cccc2ccncc12. The number of Topliss-reactive ketones (excluding diaryl/α,β-unsaturated/α-hetero) is 1. The summed E-state index contributed by atoms with van der Waals surface area (Å²) in [4.78, 5) is 15.7. The fourth-order valence-electron chi connectivity index (χ4n) is 2.07. The largest absolute Gasteiger partial charge is 0.300 e. The minimum Gasteiger partial charge on any atom is -0.300 e. The molecule has 0 atom stereocenters. The van der Waals surface area contributed by atoms with E-state index in [1.165, 1.54) is 16.3 Å². The second-order valence-electron chi connectivity index (χ2n) is 4.30. The summed E-state index contributed by atoms with van der Waals surface area (Å²) in [6.07, 6.45) is 6.78. The molecule has 0 unspecified atom stereocenters. The molecule has 0 N–H and O–H groups in total. The Morgan fingerprint density at radius 1 is 1.24 bits per heavy atom. The Balaban J connectivity index is 2.16. The molecule has 88 valence electrons. The Morgan fingerprint density at radius 3 is 2.94 bits per heavy atom. The first kappa shape index (κ1) is 11.8. The molecule has 0 fully saturated rings. The topological polar surface area (TPSA) is 30.0 Å². The van der Waals surface area contributed by atoms with Crippen LogP contribution in [-0.4, -0.2) is 10.8 Å². The lowest BCUT2D eigenvalue weighted by atomic mass is 10.0. The van der Waals surface area contributed by atoms with E-state index in [-0.39, 0.29) is 0 Å². The van der Waals surface area contributed by atoms with Crippen molar-refractivity contribution in [3.8, 4) is 0 Å². The van der Waals surface area contributed by atoms with Crippen molar-refractivity contribution in [3.05, 3.63) is 42.2 Å². The van der Waals surface area contributed by atoms with Crippen molar-refractivity contribution < 1.29 is 4.79 Å². The van der Waals surface area contributed by atoms with Crippen molar-refractivity contribution in [3.63, 3.8) is 0 Å². The number of rotatable bonds is 5. The zero-order valence-corrected chi connectivity index (χ0v) is 10.1. The molecule has 1 aromatic heterocycles. The van der Waals surface area contributed by atoms with Crippen LogP contribution in [0, 0.1) is 0 Å². The molecule has 2 aromatic rings. The third kappa shape index (κ3) is 2.90. The maximum Gasteiger partial charge on any atom is 0.133 e. The fraction of sp³-hybridized carbons (Fsp3) is 0.333. The predicted molar refractivity (Wildman–Crippen MR) is 70.0 cm³/mol. The molecule has 0 spiro atoms. The molecule has 2 nitrogen and oxygen atoms in total. The van der Waals surface area contributed by atoms with Crippen molar-refractivity contribution in [2.24, 2.45) is 0 Å². The third-order valence-corrected chi connectivity index (χ3v) is 2.98. The van der Waals surface area contributed by atoms with Gasteiger partial charge in [-0.3, -0.25) is 9.78 Å². The van der Waals surface area contributed by atoms with Crippen molar-refractivity contribution in [1.29, 1.82) is 0 Å². The van der Waals surface area contributed by atoms with Crippen LogP contribution in [0.3, 0.4) is 0 Å². The van der Waals surface area contributed by atoms with Gasteiger partial charge >= 0.3 is 0 Å². The molecular weight excluding hydrogens is 210 g/mol. The van der Waals surface area contributed by atoms with Crippen LogP contribution in [0.15, 0.2) is 36.7 Å². The van der Waals surface area contributed by atoms with Gasteiger partial charge in [0.05, 0.1) is 0 Å². The van der Waals surface area contributed by atoms with Crippen LogP contribution >= 0.6 is 0 Å². The van der Waals surface area contributed by atoms with E-state index in [1.807, 2.05) is 25.3 Å². The van der Waals surface area contributed by atoms with Gasteiger partial charge in [0.15, 0.2) is 0 Å². The second-order valence-corrected chi connectivity index (χ2v) is 4.30. The molecule has 0 radical (unpaired) electrons. The molecule has 1 aromatic carbocycles. The molecular formula is C15H17NO. The molecule has 2 heteroatoms. The molecule has 0 aliphatic rings. The average molecular weight is 227 g/mol. The number of aromatic nitrogens is 1. The average Bonchev–Trinajstić information content (AvgIpc) is 2.36. The molecule has 1 heterocycles. The van der Waals surface area contributed by atoms with E-state index < -0.39 is 0 Å². The van der Waals surface area contributed by atoms with E-state index >= 15 is 0 Å². The van der Waals surface area contributed by atoms with Crippen molar-refractivity contribution >= 4 is 16.6 Å². The van der Waals surface area contributed by atoms with Crippen LogP contribution in [0.2, 0.25) is 0 Å². The van der Waals surface area contributed by atoms with E-state index in [1.54, 1.807) is 6.20 Å². The third-order valence-electron chi connectivity index (χ3n) is 2.98. The van der Waals surface area contributed by atoms with Crippen molar-refractivity contribution in [2.75, 3.05) is 0 Å². The summed E-state index contributed by atoms with van der Waals surface area (Å²) in [5, 5.41) is 2.36. The summed E-state index contributed by atoms with van der Waals surface area (Å²) in [5.41, 5.74) is 1.22. The van der Waals surface area contributed by atoms with E-state index in [2.05, 4.69) is 17.1 Å². The fourth-order valence-corrected chi connectivity index (χ4v) is 2.07. The molecule has 0 aliphatic carbocycles. The van der Waals surface area contributed by atoms with Gasteiger partial charge in [-0.1, -0.05) is 25.1 Å². The van der Waals surface area contributed by atoms with E-state index in [9.17, 15) is 4.79 Å². The van der Waals surface area contributed by atoms with Gasteiger partial charge in [-0.25, -0.2) is 0 Å². The highest BCUT2D eigenvalue weighted by atomic mass is 16.1. The quantitative estimate of drug-likeness (QED) is 0.782. The Morgan fingerprint density at radius 2 is 2.12 bits per heavy atom. The number of ketones is 1. The predicted octanol–water partition coefficient (Wildman–Crippen LogP) is 3.54. The minimum absolute atomic E-state index is 0.355. The molecule has 2 rings (SSSR count). The Hall–Kier alpha value is -1.70. The summed E-state index contributed by atoms with van der Waals surface area (Å²) in [7, 11) is 0. The molecule has 0 aliphatic heterocycles. The lowest BCUT2D eigenvalue weighted by Gasteiger charge is -2.05. The number of hydrogen-bond acceptors (Lipinski definition) is 2. The Bertz CT molecular complexity index is 514. The minimum atomic E-state index is 0.355. The van der Waals surface area contributed by atoms with Crippen molar-refractivity contribution in [2.45, 2.75) is 32.6 Å². The highest BCUT2D eigenvalue weighted by Gasteiger charge is 2.04. The molecule has 0 saturated heterocycles. The van der Waals surface area contributed by atoms with Crippen LogP contribution < -0.4 is 0 Å². The Kier molecular flexibility index (Phi) is 3.86. The Labute approximate surface area is 102 Å². The lowest BCUT2D eigenvalue weighted by molar-refractivity contribution is -0.119. The number of carbonyl (C=O) groups is 1. The number of fused-ring (bicyclic) bond motifs is 1. The molecule has 0 bridgehead atoms. The maximum atomic E-state index is 11.5. The van der Waals surface area contributed by atoms with Crippen LogP contribution in [0.25, 0.3) is 10.8 Å². The van der Waals surface area contributed by atoms with Gasteiger partial charge < -0.3 is 0 Å². The molecule has 17 heavy (non-hydrogen) atoms. The standard InChI is InChI=1S/C15H17NO/c1-2-4-14(17)8-7-12-5-3-6-13-9-10-16-11-15(12)13/h3,5-6,9-11H,2,4,7-8H2,1H3. The van der Waals surface area contributed by atoms with E-state index in [4.69, 9.17) is 0 Å². The number of benzene rings is 1. The lowest BCUT2D eigenvalue weighted by Crippen LogP contribution is -1.99. The monoisotopic (exact) mass is 227 g/mol. The number of pyridine rings is 1. The summed E-state index contributed by atoms with van der Waals surface area (Å²) >= 11 is 0. The van der Waals surface area contributed by atoms with Crippen molar-refractivity contribution in [1.82, 2.24) is 4.98 Å². The van der Waals surface area contributed by atoms with Gasteiger partial charge in [-0.05, 0) is 29.9 Å². The summed E-state index contributed by atoms with van der Waals surface area (Å²) in [6.45, 7) is 2.04. The molecule has 0 amide bonds. The van der Waals surface area contributed by atoms with Gasteiger partial charge in [0.1, 0.15) is 5.78 Å². The smallest absolute Gasteiger partial charge is 0.133 e. The van der Waals surface area contributed by atoms with Crippen LogP contribution in [-0.2, 0) is 11.2 Å². The molecule has 0 saturated carbocycles. The summed E-state index contributed by atoms with van der Waals surface area (Å²) < 4.78 is 0. The van der Waals surface area contributed by atoms with Crippen LogP contribution in [0.4, 0.5) is 0 Å². The highest BCUT2D eigenvalue weighted by Crippen LogP contribution is 2.18. The first-order valence-electron chi connectivity index (χ1n) is 6.14. The highest BCUT2D eigenvalue weighted by molar-refractivity contribution is 5.85. The first-order valence-corrected chi connectivity index (χ1v) is 6.14. The van der Waals surface area contributed by atoms with E-state index in [0.717, 1.165) is 12.8 Å². The van der Waals surface area contributed by atoms with Gasteiger partial charge in [0.25, 0.3) is 0 Å². The second kappa shape index (κ2) is 5.58. The zero-order chi connectivity index (χ0) is 12.1. The normalized spacial score (nSPS) is 10.6. The van der Waals surface area contributed by atoms with Crippen LogP contribution in [0.5, 0.6) is 0 Å². The number of aryl methyl sites for hydroxylation is 1. The summed E-state index contributed by atoms with van der Waals surface area (Å²) in [5.74, 6) is 0.355. The number of carbonyl (C=O) groups excluding carboxylic acids is 1. The summed E-state index contributed by atoms with van der Waals surface area (Å²) in [6, 6.07) is 8.21. The number of hydrogen-bond donors (Lipinski definition) is 0. The number of nitrogens with zero attached hydrogens (tertiary/aromatic N) is 1.